The normalized spacial score (nSPS) is 19.3. The van der Waals surface area contributed by atoms with Gasteiger partial charge >= 0.3 is 5.97 Å². The Kier molecular flexibility index (Phi) is 5.36. The van der Waals surface area contributed by atoms with Crippen molar-refractivity contribution in [3.8, 4) is 0 Å². The highest BCUT2D eigenvalue weighted by molar-refractivity contribution is 6.30. The lowest BCUT2D eigenvalue weighted by Gasteiger charge is -2.21. The minimum atomic E-state index is -1.36. The van der Waals surface area contributed by atoms with Crippen LogP contribution in [0.25, 0.3) is 0 Å². The van der Waals surface area contributed by atoms with Crippen LogP contribution < -0.4 is 0 Å². The van der Waals surface area contributed by atoms with Gasteiger partial charge in [0.2, 0.25) is 5.60 Å². The summed E-state index contributed by atoms with van der Waals surface area (Å²) in [4.78, 5) is 17.1. The van der Waals surface area contributed by atoms with Crippen LogP contribution in [0.1, 0.15) is 17.5 Å². The van der Waals surface area contributed by atoms with Crippen molar-refractivity contribution in [2.24, 2.45) is 5.16 Å². The Labute approximate surface area is 150 Å². The Balaban J connectivity index is 1.57. The van der Waals surface area contributed by atoms with Crippen molar-refractivity contribution in [2.75, 3.05) is 6.61 Å². The lowest BCUT2D eigenvalue weighted by molar-refractivity contribution is -0.162. The first-order valence-electron chi connectivity index (χ1n) is 7.91. The van der Waals surface area contributed by atoms with E-state index in [2.05, 4.69) is 5.16 Å². The number of ether oxygens (including phenoxy) is 1. The second kappa shape index (κ2) is 7.68. The third kappa shape index (κ3) is 4.38. The molecule has 0 aromatic heterocycles. The van der Waals surface area contributed by atoms with E-state index in [-0.39, 0.29) is 19.4 Å². The Morgan fingerprint density at radius 2 is 1.92 bits per heavy atom. The van der Waals surface area contributed by atoms with Gasteiger partial charge in [0.1, 0.15) is 0 Å². The van der Waals surface area contributed by atoms with Crippen LogP contribution in [0.2, 0.25) is 5.02 Å². The van der Waals surface area contributed by atoms with E-state index in [4.69, 9.17) is 21.2 Å². The van der Waals surface area contributed by atoms with Crippen LogP contribution in [-0.2, 0) is 27.4 Å². The number of benzene rings is 2. The number of nitrogens with zero attached hydrogens (tertiary/aromatic N) is 1. The summed E-state index contributed by atoms with van der Waals surface area (Å²) in [7, 11) is 0. The number of oxime groups is 1. The van der Waals surface area contributed by atoms with E-state index in [0.29, 0.717) is 17.3 Å². The summed E-state index contributed by atoms with van der Waals surface area (Å²) in [6.07, 6.45) is 0.456. The van der Waals surface area contributed by atoms with Gasteiger partial charge in [-0.15, -0.1) is 0 Å². The van der Waals surface area contributed by atoms with Crippen molar-refractivity contribution in [3.63, 3.8) is 0 Å². The molecule has 0 aliphatic carbocycles. The minimum Gasteiger partial charge on any atom is -0.478 e. The van der Waals surface area contributed by atoms with E-state index in [0.717, 1.165) is 11.1 Å². The molecule has 1 atom stereocenters. The number of hydrogen-bond acceptors (Lipinski definition) is 4. The molecule has 1 N–H and O–H groups in total. The van der Waals surface area contributed by atoms with E-state index < -0.39 is 11.6 Å². The highest BCUT2D eigenvalue weighted by Gasteiger charge is 2.46. The SMILES string of the molecule is O=C(O)C1(Cc2ccccc2)CC(COCc2cccc(Cl)c2)=NO1. The van der Waals surface area contributed by atoms with Gasteiger partial charge in [-0.2, -0.15) is 0 Å². The fraction of sp³-hybridized carbons (Fsp3) is 0.263. The topological polar surface area (TPSA) is 68.1 Å². The van der Waals surface area contributed by atoms with Crippen molar-refractivity contribution in [1.82, 2.24) is 0 Å². The van der Waals surface area contributed by atoms with E-state index in [1.54, 1.807) is 6.07 Å². The van der Waals surface area contributed by atoms with Crippen molar-refractivity contribution in [2.45, 2.75) is 25.0 Å². The highest BCUT2D eigenvalue weighted by atomic mass is 35.5. The molecule has 0 amide bonds. The molecule has 0 fully saturated rings. The average Bonchev–Trinajstić information content (AvgIpc) is 3.00. The van der Waals surface area contributed by atoms with Crippen LogP contribution in [0.5, 0.6) is 0 Å². The molecular weight excluding hydrogens is 342 g/mol. The summed E-state index contributed by atoms with van der Waals surface area (Å²) in [5, 5.41) is 14.2. The summed E-state index contributed by atoms with van der Waals surface area (Å²) < 4.78 is 5.62. The monoisotopic (exact) mass is 359 g/mol. The Morgan fingerprint density at radius 3 is 2.64 bits per heavy atom. The van der Waals surface area contributed by atoms with Crippen LogP contribution in [0.4, 0.5) is 0 Å². The van der Waals surface area contributed by atoms with E-state index in [1.807, 2.05) is 48.5 Å². The molecule has 6 heteroatoms. The molecule has 0 saturated carbocycles. The van der Waals surface area contributed by atoms with Gasteiger partial charge in [-0.05, 0) is 23.3 Å². The number of carboxylic acid groups (broad SMARTS) is 1. The molecule has 2 aromatic rings. The standard InChI is InChI=1S/C19H18ClNO4/c20-16-8-4-7-15(9-16)12-24-13-17-11-19(18(22)23,25-21-17)10-14-5-2-1-3-6-14/h1-9H,10-13H2,(H,22,23). The van der Waals surface area contributed by atoms with E-state index >= 15 is 0 Å². The largest absolute Gasteiger partial charge is 0.478 e. The maximum Gasteiger partial charge on any atom is 0.351 e. The number of rotatable bonds is 7. The summed E-state index contributed by atoms with van der Waals surface area (Å²) in [5.41, 5.74) is 1.05. The highest BCUT2D eigenvalue weighted by Crippen LogP contribution is 2.29. The van der Waals surface area contributed by atoms with Gasteiger partial charge in [-0.3, -0.25) is 0 Å². The lowest BCUT2D eigenvalue weighted by Crippen LogP contribution is -2.41. The maximum atomic E-state index is 11.8. The molecular formula is C19H18ClNO4. The van der Waals surface area contributed by atoms with Crippen molar-refractivity contribution >= 4 is 23.3 Å². The van der Waals surface area contributed by atoms with Crippen LogP contribution >= 0.6 is 11.6 Å². The van der Waals surface area contributed by atoms with E-state index in [1.165, 1.54) is 0 Å². The molecule has 1 aliphatic rings. The van der Waals surface area contributed by atoms with Gasteiger partial charge in [-0.1, -0.05) is 59.2 Å². The van der Waals surface area contributed by atoms with Gasteiger partial charge in [0.25, 0.3) is 0 Å². The number of carbonyl (C=O) groups is 1. The Hall–Kier alpha value is -2.37. The fourth-order valence-electron chi connectivity index (χ4n) is 2.75. The van der Waals surface area contributed by atoms with Crippen molar-refractivity contribution in [1.29, 1.82) is 0 Å². The van der Waals surface area contributed by atoms with Gasteiger partial charge in [0, 0.05) is 17.9 Å². The summed E-state index contributed by atoms with van der Waals surface area (Å²) in [6, 6.07) is 16.8. The maximum absolute atomic E-state index is 11.8. The first-order valence-corrected chi connectivity index (χ1v) is 8.29. The first kappa shape index (κ1) is 17.5. The van der Waals surface area contributed by atoms with E-state index in [9.17, 15) is 9.90 Å². The number of aliphatic carboxylic acids is 1. The van der Waals surface area contributed by atoms with Gasteiger partial charge in [0.15, 0.2) is 0 Å². The second-order valence-electron chi connectivity index (χ2n) is 6.01. The number of carboxylic acids is 1. The molecule has 5 nitrogen and oxygen atoms in total. The summed E-state index contributed by atoms with van der Waals surface area (Å²) in [6.45, 7) is 0.592. The van der Waals surface area contributed by atoms with Crippen molar-refractivity contribution < 1.29 is 19.5 Å². The van der Waals surface area contributed by atoms with Crippen LogP contribution in [0.15, 0.2) is 59.8 Å². The molecule has 1 heterocycles. The average molecular weight is 360 g/mol. The fourth-order valence-corrected chi connectivity index (χ4v) is 2.96. The predicted octanol–water partition coefficient (Wildman–Crippen LogP) is 3.70. The Morgan fingerprint density at radius 1 is 1.16 bits per heavy atom. The zero-order valence-electron chi connectivity index (χ0n) is 13.5. The minimum absolute atomic E-state index is 0.201. The predicted molar refractivity (Wildman–Crippen MR) is 94.8 cm³/mol. The van der Waals surface area contributed by atoms with Gasteiger partial charge < -0.3 is 14.7 Å². The molecule has 130 valence electrons. The molecule has 0 bridgehead atoms. The molecule has 3 rings (SSSR count). The smallest absolute Gasteiger partial charge is 0.351 e. The number of halogens is 1. The third-order valence-electron chi connectivity index (χ3n) is 3.99. The molecule has 0 spiro atoms. The molecule has 1 unspecified atom stereocenters. The van der Waals surface area contributed by atoms with Crippen LogP contribution in [0.3, 0.4) is 0 Å². The van der Waals surface area contributed by atoms with Crippen molar-refractivity contribution in [3.05, 3.63) is 70.7 Å². The van der Waals surface area contributed by atoms with Crippen LogP contribution in [0, 0.1) is 0 Å². The summed E-state index contributed by atoms with van der Waals surface area (Å²) >= 11 is 5.94. The van der Waals surface area contributed by atoms with Crippen LogP contribution in [-0.4, -0.2) is 29.0 Å². The number of hydrogen-bond donors (Lipinski definition) is 1. The summed E-state index contributed by atoms with van der Waals surface area (Å²) in [5.74, 6) is -1.02. The Bertz CT molecular complexity index is 778. The molecule has 25 heavy (non-hydrogen) atoms. The van der Waals surface area contributed by atoms with Gasteiger partial charge in [0.05, 0.1) is 18.9 Å². The first-order chi connectivity index (χ1) is 12.1. The second-order valence-corrected chi connectivity index (χ2v) is 6.45. The zero-order chi connectivity index (χ0) is 17.7. The zero-order valence-corrected chi connectivity index (χ0v) is 14.3. The molecule has 0 radical (unpaired) electrons. The van der Waals surface area contributed by atoms with Gasteiger partial charge in [-0.25, -0.2) is 4.79 Å². The molecule has 2 aromatic carbocycles. The quantitative estimate of drug-likeness (QED) is 0.818. The third-order valence-corrected chi connectivity index (χ3v) is 4.22. The molecule has 0 saturated heterocycles. The lowest BCUT2D eigenvalue weighted by atomic mass is 9.90. The molecule has 1 aliphatic heterocycles.